The highest BCUT2D eigenvalue weighted by atomic mass is 16.5. The average molecular weight is 507 g/mol. The van der Waals surface area contributed by atoms with Gasteiger partial charge in [-0.2, -0.15) is 5.10 Å². The Kier molecular flexibility index (Phi) is 7.23. The van der Waals surface area contributed by atoms with Crippen LogP contribution in [0.1, 0.15) is 45.8 Å². The second-order valence-electron chi connectivity index (χ2n) is 8.24. The van der Waals surface area contributed by atoms with Gasteiger partial charge in [0.2, 0.25) is 5.91 Å². The first-order valence-electron chi connectivity index (χ1n) is 11.5. The number of anilines is 2. The molecule has 0 radical (unpaired) electrons. The zero-order valence-corrected chi connectivity index (χ0v) is 20.8. The Hall–Kier alpha value is -4.67. The van der Waals surface area contributed by atoms with Gasteiger partial charge in [-0.25, -0.2) is 14.3 Å². The van der Waals surface area contributed by atoms with Crippen LogP contribution in [0.2, 0.25) is 0 Å². The van der Waals surface area contributed by atoms with E-state index in [0.717, 1.165) is 16.8 Å². The smallest absolute Gasteiger partial charge is 0.337 e. The number of aryl methyl sites for hydroxylation is 1. The molecule has 0 fully saturated rings. The van der Waals surface area contributed by atoms with Gasteiger partial charge >= 0.3 is 11.9 Å². The third-order valence-corrected chi connectivity index (χ3v) is 5.95. The first-order valence-corrected chi connectivity index (χ1v) is 11.5. The van der Waals surface area contributed by atoms with Crippen LogP contribution >= 0.6 is 0 Å². The molecule has 192 valence electrons. The first-order chi connectivity index (χ1) is 17.8. The minimum atomic E-state index is -0.886. The fourth-order valence-corrected chi connectivity index (χ4v) is 4.20. The maximum Gasteiger partial charge on any atom is 0.337 e. The number of ether oxygens (including phenoxy) is 3. The molecule has 0 aliphatic carbocycles. The Labute approximate surface area is 212 Å². The van der Waals surface area contributed by atoms with E-state index in [0.29, 0.717) is 18.0 Å². The summed E-state index contributed by atoms with van der Waals surface area (Å²) >= 11 is 0. The third kappa shape index (κ3) is 5.01. The number of aromatic nitrogens is 2. The Balaban J connectivity index is 1.61. The van der Waals surface area contributed by atoms with Crippen molar-refractivity contribution in [2.45, 2.75) is 25.8 Å². The molecule has 1 aliphatic heterocycles. The van der Waals surface area contributed by atoms with Crippen LogP contribution in [0, 0.1) is 0 Å². The Bertz CT molecular complexity index is 1360. The highest BCUT2D eigenvalue weighted by molar-refractivity contribution is 6.05. The molecule has 1 atom stereocenters. The van der Waals surface area contributed by atoms with Crippen LogP contribution in [-0.4, -0.2) is 54.9 Å². The molecule has 0 spiro atoms. The Morgan fingerprint density at radius 2 is 1.70 bits per heavy atom. The molecule has 0 bridgehead atoms. The van der Waals surface area contributed by atoms with Gasteiger partial charge in [-0.3, -0.25) is 9.59 Å². The lowest BCUT2D eigenvalue weighted by molar-refractivity contribution is -0.123. The maximum absolute atomic E-state index is 13.0. The lowest BCUT2D eigenvalue weighted by Gasteiger charge is -2.12. The molecule has 3 aromatic rings. The summed E-state index contributed by atoms with van der Waals surface area (Å²) in [6, 6.07) is 10.6. The van der Waals surface area contributed by atoms with Crippen molar-refractivity contribution in [2.24, 2.45) is 0 Å². The van der Waals surface area contributed by atoms with E-state index in [2.05, 4.69) is 15.7 Å². The number of carbonyl (C=O) groups is 4. The number of nitrogens with one attached hydrogen (secondary N) is 2. The number of hydrogen-bond acceptors (Lipinski definition) is 8. The van der Waals surface area contributed by atoms with Crippen LogP contribution in [0.3, 0.4) is 0 Å². The second kappa shape index (κ2) is 10.5. The van der Waals surface area contributed by atoms with E-state index in [1.807, 2.05) is 31.2 Å². The van der Waals surface area contributed by atoms with Crippen molar-refractivity contribution in [3.63, 3.8) is 0 Å². The summed E-state index contributed by atoms with van der Waals surface area (Å²) < 4.78 is 16.3. The van der Waals surface area contributed by atoms with Gasteiger partial charge in [0.05, 0.1) is 44.6 Å². The highest BCUT2D eigenvalue weighted by Crippen LogP contribution is 2.39. The Morgan fingerprint density at radius 1 is 1.03 bits per heavy atom. The minimum absolute atomic E-state index is 0.0594. The summed E-state index contributed by atoms with van der Waals surface area (Å²) in [6.07, 6.45) is 0.384. The highest BCUT2D eigenvalue weighted by Gasteiger charge is 2.37. The SMILES string of the molecule is CCc1nn2c(c1-c1cccc(OC)c1)NC(=O)C2CC(=O)Nc1cc(C(=O)OC)cc(C(=O)OC)c1. The van der Waals surface area contributed by atoms with Gasteiger partial charge in [0.1, 0.15) is 17.6 Å². The molecule has 11 heteroatoms. The molecular weight excluding hydrogens is 480 g/mol. The third-order valence-electron chi connectivity index (χ3n) is 5.95. The number of esters is 2. The molecule has 1 unspecified atom stereocenters. The maximum atomic E-state index is 13.0. The van der Waals surface area contributed by atoms with Crippen LogP contribution in [0.5, 0.6) is 5.75 Å². The summed E-state index contributed by atoms with van der Waals surface area (Å²) in [4.78, 5) is 49.9. The van der Waals surface area contributed by atoms with Crippen molar-refractivity contribution in [3.05, 3.63) is 59.3 Å². The summed E-state index contributed by atoms with van der Waals surface area (Å²) in [6.45, 7) is 1.96. The number of nitrogens with zero attached hydrogens (tertiary/aromatic N) is 2. The zero-order valence-electron chi connectivity index (χ0n) is 20.8. The standard InChI is InChI=1S/C26H26N4O7/c1-5-19-22(14-7-6-8-18(12-14)35-2)23-28-24(32)20(30(23)29-19)13-21(31)27-17-10-15(25(33)36-3)9-16(11-17)26(34)37-4/h6-12,20H,5,13H2,1-4H3,(H,27,31)(H,28,32). The molecule has 1 aromatic heterocycles. The summed E-state index contributed by atoms with van der Waals surface area (Å²) in [5.41, 5.74) is 2.67. The number of fused-ring (bicyclic) bond motifs is 1. The molecule has 1 aliphatic rings. The van der Waals surface area contributed by atoms with E-state index in [4.69, 9.17) is 14.2 Å². The van der Waals surface area contributed by atoms with Gasteiger partial charge in [-0.15, -0.1) is 0 Å². The van der Waals surface area contributed by atoms with Gasteiger partial charge in [-0.05, 0) is 42.3 Å². The van der Waals surface area contributed by atoms with Crippen molar-refractivity contribution < 1.29 is 33.4 Å². The van der Waals surface area contributed by atoms with Crippen LogP contribution < -0.4 is 15.4 Å². The minimum Gasteiger partial charge on any atom is -0.497 e. The summed E-state index contributed by atoms with van der Waals surface area (Å²) in [5, 5.41) is 10.1. The molecule has 4 rings (SSSR count). The fraction of sp³-hybridized carbons (Fsp3) is 0.269. The molecule has 11 nitrogen and oxygen atoms in total. The first kappa shape index (κ1) is 25.4. The monoisotopic (exact) mass is 506 g/mol. The number of carbonyl (C=O) groups excluding carboxylic acids is 4. The van der Waals surface area contributed by atoms with Crippen LogP contribution in [0.25, 0.3) is 11.1 Å². The average Bonchev–Trinajstić information content (AvgIpc) is 3.41. The van der Waals surface area contributed by atoms with Crippen molar-refractivity contribution >= 4 is 35.3 Å². The van der Waals surface area contributed by atoms with Crippen LogP contribution in [0.4, 0.5) is 11.5 Å². The normalized spacial score (nSPS) is 13.9. The second-order valence-corrected chi connectivity index (χ2v) is 8.24. The Morgan fingerprint density at radius 3 is 2.30 bits per heavy atom. The van der Waals surface area contributed by atoms with Gasteiger partial charge in [0.25, 0.3) is 5.91 Å². The lowest BCUT2D eigenvalue weighted by atomic mass is 10.0. The van der Waals surface area contributed by atoms with Crippen molar-refractivity contribution in [3.8, 4) is 16.9 Å². The quantitative estimate of drug-likeness (QED) is 0.444. The van der Waals surface area contributed by atoms with E-state index >= 15 is 0 Å². The van der Waals surface area contributed by atoms with Gasteiger partial charge in [0.15, 0.2) is 0 Å². The number of methoxy groups -OCH3 is 3. The van der Waals surface area contributed by atoms with Crippen LogP contribution in [-0.2, 0) is 25.5 Å². The number of hydrogen-bond donors (Lipinski definition) is 2. The largest absolute Gasteiger partial charge is 0.497 e. The molecule has 2 amide bonds. The van der Waals surface area contributed by atoms with Gasteiger partial charge in [0, 0.05) is 11.3 Å². The molecule has 0 saturated carbocycles. The van der Waals surface area contributed by atoms with Crippen molar-refractivity contribution in [1.29, 1.82) is 0 Å². The van der Waals surface area contributed by atoms with Gasteiger partial charge < -0.3 is 24.8 Å². The molecule has 2 heterocycles. The van der Waals surface area contributed by atoms with E-state index in [1.165, 1.54) is 37.1 Å². The van der Waals surface area contributed by atoms with Crippen LogP contribution in [0.15, 0.2) is 42.5 Å². The van der Waals surface area contributed by atoms with E-state index in [1.54, 1.807) is 7.11 Å². The van der Waals surface area contributed by atoms with Crippen molar-refractivity contribution in [2.75, 3.05) is 32.0 Å². The fourth-order valence-electron chi connectivity index (χ4n) is 4.20. The predicted molar refractivity (Wildman–Crippen MR) is 134 cm³/mol. The molecule has 2 N–H and O–H groups in total. The molecular formula is C26H26N4O7. The van der Waals surface area contributed by atoms with Gasteiger partial charge in [-0.1, -0.05) is 19.1 Å². The molecule has 2 aromatic carbocycles. The molecule has 37 heavy (non-hydrogen) atoms. The number of rotatable bonds is 8. The van der Waals surface area contributed by atoms with E-state index in [9.17, 15) is 19.2 Å². The number of amides is 2. The van der Waals surface area contributed by atoms with Crippen molar-refractivity contribution in [1.82, 2.24) is 9.78 Å². The summed E-state index contributed by atoms with van der Waals surface area (Å²) in [5.74, 6) is -1.08. The predicted octanol–water partition coefficient (Wildman–Crippen LogP) is 3.22. The zero-order chi connectivity index (χ0) is 26.7. The number of benzene rings is 2. The van der Waals surface area contributed by atoms with E-state index in [-0.39, 0.29) is 29.1 Å². The lowest BCUT2D eigenvalue weighted by Crippen LogP contribution is -2.24. The van der Waals surface area contributed by atoms with E-state index < -0.39 is 23.9 Å². The summed E-state index contributed by atoms with van der Waals surface area (Å²) in [7, 11) is 3.99. The molecule has 0 saturated heterocycles. The topological polar surface area (TPSA) is 138 Å².